The molecule has 0 aliphatic rings. The average molecular weight is 235 g/mol. The highest BCUT2D eigenvalue weighted by Crippen LogP contribution is 2.05. The zero-order chi connectivity index (χ0) is 12.7. The molecule has 0 aromatic heterocycles. The Hall–Kier alpha value is -1.55. The molecule has 0 heterocycles. The molecule has 17 heavy (non-hydrogen) atoms. The molecule has 0 aliphatic heterocycles. The lowest BCUT2D eigenvalue weighted by atomic mass is 10.1. The van der Waals surface area contributed by atoms with Crippen molar-refractivity contribution in [2.75, 3.05) is 20.6 Å². The van der Waals surface area contributed by atoms with Gasteiger partial charge >= 0.3 is 6.03 Å². The monoisotopic (exact) mass is 235 g/mol. The minimum absolute atomic E-state index is 0.120. The third kappa shape index (κ3) is 5.36. The van der Waals surface area contributed by atoms with Crippen molar-refractivity contribution in [2.24, 2.45) is 0 Å². The summed E-state index contributed by atoms with van der Waals surface area (Å²) in [6.07, 6.45) is 0. The van der Waals surface area contributed by atoms with E-state index in [9.17, 15) is 4.79 Å². The third-order valence-electron chi connectivity index (χ3n) is 2.31. The zero-order valence-corrected chi connectivity index (χ0v) is 10.8. The van der Waals surface area contributed by atoms with Gasteiger partial charge in [-0.3, -0.25) is 0 Å². The van der Waals surface area contributed by atoms with E-state index in [1.54, 1.807) is 0 Å². The van der Waals surface area contributed by atoms with E-state index in [2.05, 4.69) is 27.7 Å². The number of rotatable bonds is 5. The Morgan fingerprint density at radius 2 is 1.71 bits per heavy atom. The molecule has 1 rings (SSSR count). The number of hydrogen-bond donors (Lipinski definition) is 2. The maximum Gasteiger partial charge on any atom is 0.315 e. The standard InChI is InChI=1S/C13H21N3O/c1-4-14-13(17)15-9-11-5-7-12(8-6-11)10-16(2)3/h5-8H,4,9-10H2,1-3H3,(H2,14,15,17). The molecule has 2 N–H and O–H groups in total. The van der Waals surface area contributed by atoms with Gasteiger partial charge in [-0.2, -0.15) is 0 Å². The van der Waals surface area contributed by atoms with Crippen molar-refractivity contribution < 1.29 is 4.79 Å². The summed E-state index contributed by atoms with van der Waals surface area (Å²) in [5.41, 5.74) is 2.38. The predicted octanol–water partition coefficient (Wildman–Crippen LogP) is 1.57. The lowest BCUT2D eigenvalue weighted by Crippen LogP contribution is -2.34. The highest BCUT2D eigenvalue weighted by Gasteiger charge is 1.99. The van der Waals surface area contributed by atoms with Crippen LogP contribution in [0.4, 0.5) is 4.79 Å². The van der Waals surface area contributed by atoms with Crippen LogP contribution in [0.2, 0.25) is 0 Å². The Morgan fingerprint density at radius 3 is 2.24 bits per heavy atom. The first-order chi connectivity index (χ1) is 8.11. The highest BCUT2D eigenvalue weighted by molar-refractivity contribution is 5.73. The largest absolute Gasteiger partial charge is 0.338 e. The molecule has 2 amide bonds. The van der Waals surface area contributed by atoms with Crippen molar-refractivity contribution in [1.29, 1.82) is 0 Å². The molecule has 1 aromatic carbocycles. The van der Waals surface area contributed by atoms with Crippen molar-refractivity contribution >= 4 is 6.03 Å². The summed E-state index contributed by atoms with van der Waals surface area (Å²) in [5, 5.41) is 5.50. The van der Waals surface area contributed by atoms with Crippen LogP contribution in [0.5, 0.6) is 0 Å². The van der Waals surface area contributed by atoms with E-state index in [0.29, 0.717) is 13.1 Å². The Balaban J connectivity index is 2.42. The lowest BCUT2D eigenvalue weighted by molar-refractivity contribution is 0.241. The number of nitrogens with one attached hydrogen (secondary N) is 2. The molecule has 4 nitrogen and oxygen atoms in total. The van der Waals surface area contributed by atoms with Crippen LogP contribution in [0.25, 0.3) is 0 Å². The Morgan fingerprint density at radius 1 is 1.12 bits per heavy atom. The van der Waals surface area contributed by atoms with Crippen molar-refractivity contribution in [3.63, 3.8) is 0 Å². The summed E-state index contributed by atoms with van der Waals surface area (Å²) in [6, 6.07) is 8.16. The topological polar surface area (TPSA) is 44.4 Å². The number of hydrogen-bond acceptors (Lipinski definition) is 2. The van der Waals surface area contributed by atoms with Crippen molar-refractivity contribution in [3.8, 4) is 0 Å². The van der Waals surface area contributed by atoms with E-state index >= 15 is 0 Å². The molecule has 0 radical (unpaired) electrons. The number of carbonyl (C=O) groups is 1. The molecular formula is C13H21N3O. The van der Waals surface area contributed by atoms with Crippen LogP contribution >= 0.6 is 0 Å². The van der Waals surface area contributed by atoms with E-state index < -0.39 is 0 Å². The number of benzene rings is 1. The van der Waals surface area contributed by atoms with Gasteiger partial charge in [0.2, 0.25) is 0 Å². The minimum Gasteiger partial charge on any atom is -0.338 e. The third-order valence-corrected chi connectivity index (χ3v) is 2.31. The van der Waals surface area contributed by atoms with Gasteiger partial charge in [0.05, 0.1) is 0 Å². The van der Waals surface area contributed by atoms with Crippen LogP contribution in [0.15, 0.2) is 24.3 Å². The fraction of sp³-hybridized carbons (Fsp3) is 0.462. The molecule has 0 unspecified atom stereocenters. The van der Waals surface area contributed by atoms with Gasteiger partial charge in [-0.1, -0.05) is 24.3 Å². The van der Waals surface area contributed by atoms with Crippen molar-refractivity contribution in [3.05, 3.63) is 35.4 Å². The highest BCUT2D eigenvalue weighted by atomic mass is 16.2. The summed E-state index contributed by atoms with van der Waals surface area (Å²) >= 11 is 0. The summed E-state index contributed by atoms with van der Waals surface area (Å²) < 4.78 is 0. The number of urea groups is 1. The van der Waals surface area contributed by atoms with Gasteiger partial charge in [0.1, 0.15) is 0 Å². The molecule has 0 spiro atoms. The molecule has 0 atom stereocenters. The molecular weight excluding hydrogens is 214 g/mol. The van der Waals surface area contributed by atoms with Crippen molar-refractivity contribution in [1.82, 2.24) is 15.5 Å². The summed E-state index contributed by atoms with van der Waals surface area (Å²) in [5.74, 6) is 0. The van der Waals surface area contributed by atoms with E-state index in [-0.39, 0.29) is 6.03 Å². The first kappa shape index (κ1) is 13.5. The molecule has 0 saturated heterocycles. The second kappa shape index (κ2) is 6.91. The molecule has 0 saturated carbocycles. The second-order valence-corrected chi connectivity index (χ2v) is 4.27. The summed E-state index contributed by atoms with van der Waals surface area (Å²) in [6.45, 7) is 4.04. The average Bonchev–Trinajstić information content (AvgIpc) is 2.28. The van der Waals surface area contributed by atoms with E-state index in [1.807, 2.05) is 33.2 Å². The van der Waals surface area contributed by atoms with Crippen LogP contribution in [0, 0.1) is 0 Å². The second-order valence-electron chi connectivity index (χ2n) is 4.27. The zero-order valence-electron chi connectivity index (χ0n) is 10.8. The molecule has 0 bridgehead atoms. The van der Waals surface area contributed by atoms with Crippen molar-refractivity contribution in [2.45, 2.75) is 20.0 Å². The quantitative estimate of drug-likeness (QED) is 0.813. The van der Waals surface area contributed by atoms with Crippen LogP contribution < -0.4 is 10.6 Å². The van der Waals surface area contributed by atoms with Gasteiger partial charge in [0.25, 0.3) is 0 Å². The van der Waals surface area contributed by atoms with E-state index in [4.69, 9.17) is 0 Å². The molecule has 0 aliphatic carbocycles. The first-order valence-corrected chi connectivity index (χ1v) is 5.86. The normalized spacial score (nSPS) is 10.4. The fourth-order valence-electron chi connectivity index (χ4n) is 1.53. The van der Waals surface area contributed by atoms with Gasteiger partial charge in [0.15, 0.2) is 0 Å². The van der Waals surface area contributed by atoms with Gasteiger partial charge in [0, 0.05) is 19.6 Å². The molecule has 0 fully saturated rings. The minimum atomic E-state index is -0.120. The maximum absolute atomic E-state index is 11.2. The maximum atomic E-state index is 11.2. The smallest absolute Gasteiger partial charge is 0.315 e. The van der Waals surface area contributed by atoms with Gasteiger partial charge in [-0.05, 0) is 32.1 Å². The van der Waals surface area contributed by atoms with Crippen LogP contribution in [-0.2, 0) is 13.1 Å². The van der Waals surface area contributed by atoms with Gasteiger partial charge in [-0.25, -0.2) is 4.79 Å². The predicted molar refractivity (Wildman–Crippen MR) is 69.7 cm³/mol. The molecule has 94 valence electrons. The summed E-state index contributed by atoms with van der Waals surface area (Å²) in [7, 11) is 4.09. The van der Waals surface area contributed by atoms with Crippen LogP contribution in [-0.4, -0.2) is 31.6 Å². The Labute approximate surface area is 103 Å². The Bertz CT molecular complexity index is 346. The molecule has 1 aromatic rings. The van der Waals surface area contributed by atoms with E-state index in [0.717, 1.165) is 12.1 Å². The fourth-order valence-corrected chi connectivity index (χ4v) is 1.53. The first-order valence-electron chi connectivity index (χ1n) is 5.86. The molecule has 4 heteroatoms. The van der Waals surface area contributed by atoms with Gasteiger partial charge < -0.3 is 15.5 Å². The number of nitrogens with zero attached hydrogens (tertiary/aromatic N) is 1. The van der Waals surface area contributed by atoms with Gasteiger partial charge in [-0.15, -0.1) is 0 Å². The number of amides is 2. The van der Waals surface area contributed by atoms with Crippen LogP contribution in [0.1, 0.15) is 18.1 Å². The lowest BCUT2D eigenvalue weighted by Gasteiger charge is -2.10. The number of carbonyl (C=O) groups excluding carboxylic acids is 1. The Kier molecular flexibility index (Phi) is 5.49. The summed E-state index contributed by atoms with van der Waals surface area (Å²) in [4.78, 5) is 13.3. The SMILES string of the molecule is CCNC(=O)NCc1ccc(CN(C)C)cc1. The van der Waals surface area contributed by atoms with E-state index in [1.165, 1.54) is 5.56 Å². The van der Waals surface area contributed by atoms with Crippen LogP contribution in [0.3, 0.4) is 0 Å².